The van der Waals surface area contributed by atoms with E-state index in [1.54, 1.807) is 0 Å². The van der Waals surface area contributed by atoms with Gasteiger partial charge in [-0.3, -0.25) is 13.7 Å². The molecular weight excluding hydrogens is 1230 g/mol. The number of benzene rings is 13. The molecule has 0 radical (unpaired) electrons. The smallest absolute Gasteiger partial charge is 0.269 e. The molecule has 3 heterocycles. The van der Waals surface area contributed by atoms with E-state index in [-0.39, 0.29) is 10.8 Å². The van der Waals surface area contributed by atoms with Crippen molar-refractivity contribution in [2.45, 2.75) is 51.4 Å². The Labute approximate surface area is 581 Å². The zero-order chi connectivity index (χ0) is 66.7. The summed E-state index contributed by atoms with van der Waals surface area (Å²) in [7, 11) is -5.93. The van der Waals surface area contributed by atoms with Gasteiger partial charge in [0, 0.05) is 23.0 Å². The van der Waals surface area contributed by atoms with Crippen LogP contribution in [0.2, 0.25) is 0 Å². The Morgan fingerprint density at radius 1 is 0.364 bits per heavy atom. The molecule has 1 aliphatic rings. The van der Waals surface area contributed by atoms with Crippen molar-refractivity contribution in [2.75, 3.05) is 0 Å². The fraction of sp³-hybridized carbons (Fsp3) is 0.0870. The Balaban J connectivity index is 0.858. The van der Waals surface area contributed by atoms with Gasteiger partial charge in [-0.05, 0) is 153 Å². The van der Waals surface area contributed by atoms with Crippen LogP contribution in [0, 0.1) is 6.33 Å². The van der Waals surface area contributed by atoms with Crippen LogP contribution in [0.25, 0.3) is 72.3 Å². The van der Waals surface area contributed by atoms with Crippen LogP contribution in [-0.2, 0) is 10.8 Å². The Morgan fingerprint density at radius 3 is 1.30 bits per heavy atom. The topological polar surface area (TPSA) is 35.9 Å². The first-order valence-corrected chi connectivity index (χ1v) is 38.5. The molecule has 0 aliphatic heterocycles. The van der Waals surface area contributed by atoms with Gasteiger partial charge in [-0.25, -0.2) is 4.98 Å². The van der Waals surface area contributed by atoms with E-state index in [1.807, 2.05) is 12.3 Å². The van der Waals surface area contributed by atoms with Crippen LogP contribution in [0.1, 0.15) is 51.7 Å². The fourth-order valence-corrected chi connectivity index (χ4v) is 25.9. The summed E-state index contributed by atoms with van der Waals surface area (Å²) in [5.74, 6) is 2.33. The molecular formula is C92H74N4OSi2. The van der Waals surface area contributed by atoms with E-state index >= 15 is 0 Å². The van der Waals surface area contributed by atoms with Crippen molar-refractivity contribution in [1.82, 2.24) is 14.1 Å². The van der Waals surface area contributed by atoms with Crippen molar-refractivity contribution in [2.24, 2.45) is 0 Å². The molecule has 0 saturated heterocycles. The Kier molecular flexibility index (Phi) is 15.4. The Hall–Kier alpha value is -11.5. The second-order valence-corrected chi connectivity index (χ2v) is 35.4. The van der Waals surface area contributed by atoms with Gasteiger partial charge < -0.3 is 4.74 Å². The first-order chi connectivity index (χ1) is 48.6. The maximum Gasteiger partial charge on any atom is 0.269 e. The average Bonchev–Trinajstić information content (AvgIpc) is 1.66. The maximum atomic E-state index is 7.07. The van der Waals surface area contributed by atoms with E-state index < -0.39 is 16.1 Å². The lowest BCUT2D eigenvalue weighted by Crippen LogP contribution is -2.74. The number of para-hydroxylation sites is 3. The molecule has 0 atom stereocenters. The first-order valence-electron chi connectivity index (χ1n) is 34.5. The molecule has 0 spiro atoms. The summed E-state index contributed by atoms with van der Waals surface area (Å²) in [5, 5.41) is 12.9. The van der Waals surface area contributed by atoms with Gasteiger partial charge in [-0.2, -0.15) is 0 Å². The number of pyridine rings is 1. The summed E-state index contributed by atoms with van der Waals surface area (Å²) in [6.07, 6.45) is 8.23. The summed E-state index contributed by atoms with van der Waals surface area (Å²) >= 11 is 0. The number of ether oxygens (including phenoxy) is 1. The molecule has 17 rings (SSSR count). The predicted octanol–water partition coefficient (Wildman–Crippen LogP) is 16.4. The van der Waals surface area contributed by atoms with Crippen molar-refractivity contribution < 1.29 is 9.30 Å². The molecule has 13 aromatic carbocycles. The fourth-order valence-electron chi connectivity index (χ4n) is 16.3. The molecule has 0 fully saturated rings. The highest BCUT2D eigenvalue weighted by atomic mass is 28.3. The molecule has 1 aliphatic carbocycles. The average molecular weight is 1310 g/mol. The highest BCUT2D eigenvalue weighted by Gasteiger charge is 2.44. The Bertz CT molecular complexity index is 5260. The van der Waals surface area contributed by atoms with Crippen molar-refractivity contribution in [3.8, 4) is 50.9 Å². The number of nitrogens with zero attached hydrogens (tertiary/aromatic N) is 4. The van der Waals surface area contributed by atoms with Gasteiger partial charge in [-0.1, -0.05) is 313 Å². The lowest BCUT2D eigenvalue weighted by Gasteiger charge is -2.42. The predicted molar refractivity (Wildman–Crippen MR) is 416 cm³/mol. The third kappa shape index (κ3) is 10.4. The van der Waals surface area contributed by atoms with Crippen molar-refractivity contribution >= 4 is 90.5 Å². The number of hydrogen-bond donors (Lipinski definition) is 0. The van der Waals surface area contributed by atoms with Crippen molar-refractivity contribution in [3.63, 3.8) is 0 Å². The summed E-state index contributed by atoms with van der Waals surface area (Å²) in [4.78, 5) is 4.96. The standard InChI is InChI=1S/C92H74N4OSi2/c1-91(2)56-57-92(3,4)84-64-88-82(63-83(84)91)81-55-54-70(62-87(81)96(88)89-53-25-26-58-93-89)97-69-34-29-33-68(61-69)94-65-95(86-52-24-23-51-85(86)94)90-79(66-31-27-47-77(59-66)98(71-35-11-5-12-36-71,72-37-13-6-14-38-72)73-39-15-7-16-40-73)49-30-50-80(90)67-32-28-48-78(60-67)99(74-41-17-8-18-42-74,75-43-19-9-20-44-75)76-45-21-10-22-46-76/h5-55,58-64H,56-57H2,1-4H3. The quantitative estimate of drug-likeness (QED) is 0.0444. The van der Waals surface area contributed by atoms with Crippen molar-refractivity contribution in [3.05, 3.63) is 369 Å². The van der Waals surface area contributed by atoms with Crippen LogP contribution < -0.4 is 50.8 Å². The number of rotatable bonds is 15. The maximum absolute atomic E-state index is 7.07. The Morgan fingerprint density at radius 2 is 0.798 bits per heavy atom. The lowest BCUT2D eigenvalue weighted by molar-refractivity contribution is -0.571. The highest BCUT2D eigenvalue weighted by Crippen LogP contribution is 2.49. The van der Waals surface area contributed by atoms with Crippen LogP contribution >= 0.6 is 0 Å². The molecule has 99 heavy (non-hydrogen) atoms. The van der Waals surface area contributed by atoms with Crippen molar-refractivity contribution in [1.29, 1.82) is 0 Å². The SMILES string of the molecule is CC1(C)CCC(C)(C)c2cc3c(cc21)c1ccc(Oc2cccc(-n4[c-][n+](-c5c(-c6cccc([Si](c7ccccc7)(c7ccccc7)c7ccccc7)c6)cccc5-c5cccc([Si](c6ccccc6)(c6ccccc6)c6ccccc6)c5)c5ccccc54)c2)cc1n3-c1ccccn1. The molecule has 7 heteroatoms. The normalized spacial score (nSPS) is 13.5. The van der Waals surface area contributed by atoms with Gasteiger partial charge in [0.05, 0.1) is 33.4 Å². The van der Waals surface area contributed by atoms with Gasteiger partial charge in [0.1, 0.15) is 17.3 Å². The molecule has 16 aromatic rings. The molecule has 5 nitrogen and oxygen atoms in total. The zero-order valence-electron chi connectivity index (χ0n) is 56.1. The van der Waals surface area contributed by atoms with Crippen LogP contribution in [0.4, 0.5) is 0 Å². The van der Waals surface area contributed by atoms with Crippen LogP contribution in [0.3, 0.4) is 0 Å². The highest BCUT2D eigenvalue weighted by molar-refractivity contribution is 7.20. The summed E-state index contributed by atoms with van der Waals surface area (Å²) in [5.41, 5.74) is 13.5. The first kappa shape index (κ1) is 61.1. The minimum Gasteiger partial charge on any atom is -0.458 e. The molecule has 0 unspecified atom stereocenters. The summed E-state index contributed by atoms with van der Waals surface area (Å²) in [6, 6.07) is 128. The second-order valence-electron chi connectivity index (χ2n) is 27.8. The second kappa shape index (κ2) is 24.9. The number of aromatic nitrogens is 4. The molecule has 3 aromatic heterocycles. The zero-order valence-corrected chi connectivity index (χ0v) is 58.1. The molecule has 476 valence electrons. The largest absolute Gasteiger partial charge is 0.458 e. The molecule has 0 bridgehead atoms. The molecule has 0 N–H and O–H groups in total. The van der Waals surface area contributed by atoms with E-state index in [2.05, 4.69) is 387 Å². The van der Waals surface area contributed by atoms with Gasteiger partial charge in [0.25, 0.3) is 6.33 Å². The third-order valence-corrected chi connectivity index (χ3v) is 30.7. The van der Waals surface area contributed by atoms with Gasteiger partial charge >= 0.3 is 0 Å². The van der Waals surface area contributed by atoms with E-state index in [4.69, 9.17) is 9.72 Å². The van der Waals surface area contributed by atoms with E-state index in [9.17, 15) is 0 Å². The van der Waals surface area contributed by atoms with E-state index in [0.29, 0.717) is 5.75 Å². The number of imidazole rings is 1. The summed E-state index contributed by atoms with van der Waals surface area (Å²) < 4.78 is 13.9. The number of fused-ring (bicyclic) bond motifs is 5. The third-order valence-electron chi connectivity index (χ3n) is 21.2. The molecule has 0 saturated carbocycles. The lowest BCUT2D eigenvalue weighted by atomic mass is 9.63. The minimum absolute atomic E-state index is 0.0434. The minimum atomic E-state index is -2.97. The van der Waals surface area contributed by atoms with E-state index in [0.717, 1.165) is 80.1 Å². The van der Waals surface area contributed by atoms with Crippen LogP contribution in [0.5, 0.6) is 11.5 Å². The van der Waals surface area contributed by atoms with Gasteiger partial charge in [-0.15, -0.1) is 0 Å². The van der Waals surface area contributed by atoms with Gasteiger partial charge in [0.15, 0.2) is 16.1 Å². The van der Waals surface area contributed by atoms with Gasteiger partial charge in [0.2, 0.25) is 0 Å². The summed E-state index contributed by atoms with van der Waals surface area (Å²) in [6.45, 7) is 9.61. The molecule has 0 amide bonds. The van der Waals surface area contributed by atoms with Crippen LogP contribution in [0.15, 0.2) is 352 Å². The van der Waals surface area contributed by atoms with E-state index in [1.165, 1.54) is 63.4 Å². The number of hydrogen-bond acceptors (Lipinski definition) is 2. The van der Waals surface area contributed by atoms with Crippen LogP contribution in [-0.4, -0.2) is 30.3 Å². The monoisotopic (exact) mass is 1310 g/mol.